The Hall–Kier alpha value is -0.821. The molecule has 0 heterocycles. The van der Waals surface area contributed by atoms with Crippen LogP contribution in [-0.2, 0) is 0 Å². The first-order valence-corrected chi connectivity index (χ1v) is 15.6. The van der Waals surface area contributed by atoms with Crippen molar-refractivity contribution in [1.82, 2.24) is 0 Å². The zero-order chi connectivity index (χ0) is 21.3. The third-order valence-electron chi connectivity index (χ3n) is 3.21. The second kappa shape index (κ2) is 12.6. The molecular weight excluding hydrogens is 638 g/mol. The van der Waals surface area contributed by atoms with E-state index in [-0.39, 0.29) is 5.56 Å². The van der Waals surface area contributed by atoms with Crippen LogP contribution >= 0.6 is 49.7 Å². The van der Waals surface area contributed by atoms with Crippen molar-refractivity contribution in [1.29, 1.82) is 0 Å². The molecule has 0 saturated heterocycles. The van der Waals surface area contributed by atoms with Crippen LogP contribution in [0.15, 0.2) is 33.2 Å². The molecule has 0 aliphatic carbocycles. The maximum absolute atomic E-state index is 10.6. The molecular formula is C14H14Br2Cl2N4O4Sn. The van der Waals surface area contributed by atoms with Crippen LogP contribution in [0.5, 0.6) is 0 Å². The Morgan fingerprint density at radius 3 is 1.78 bits per heavy atom. The monoisotopic (exact) mass is 650 g/mol. The van der Waals surface area contributed by atoms with Gasteiger partial charge in [0.15, 0.2) is 0 Å². The van der Waals surface area contributed by atoms with E-state index in [4.69, 9.17) is 29.3 Å². The Morgan fingerprint density at radius 1 is 0.926 bits per heavy atom. The maximum atomic E-state index is 10.6. The molecule has 4 N–H and O–H groups in total. The van der Waals surface area contributed by atoms with E-state index in [1.165, 1.54) is 13.0 Å². The number of nitrogens with two attached hydrogens (primary N) is 2. The van der Waals surface area contributed by atoms with Crippen LogP contribution < -0.4 is 11.5 Å². The van der Waals surface area contributed by atoms with Gasteiger partial charge < -0.3 is 11.5 Å². The summed E-state index contributed by atoms with van der Waals surface area (Å²) >= 11 is 5.59. The van der Waals surface area contributed by atoms with Crippen molar-refractivity contribution < 1.29 is 9.85 Å². The van der Waals surface area contributed by atoms with E-state index in [1.807, 2.05) is 13.0 Å². The first kappa shape index (κ1) is 26.2. The van der Waals surface area contributed by atoms with Gasteiger partial charge in [0.2, 0.25) is 0 Å². The molecule has 2 aromatic rings. The Morgan fingerprint density at radius 2 is 1.37 bits per heavy atom. The average Bonchev–Trinajstić information content (AvgIpc) is 2.59. The van der Waals surface area contributed by atoms with Gasteiger partial charge in [-0.05, 0) is 37.6 Å². The minimum absolute atomic E-state index is 0.254. The summed E-state index contributed by atoms with van der Waals surface area (Å²) in [5.74, 6) is 0. The number of nitrogens with zero attached hydrogens (tertiary/aromatic N) is 2. The topological polar surface area (TPSA) is 138 Å². The van der Waals surface area contributed by atoms with Gasteiger partial charge >= 0.3 is 48.1 Å². The van der Waals surface area contributed by atoms with Crippen LogP contribution in [-0.4, -0.2) is 28.7 Å². The van der Waals surface area contributed by atoms with Crippen molar-refractivity contribution in [2.24, 2.45) is 0 Å². The van der Waals surface area contributed by atoms with Crippen LogP contribution in [0.3, 0.4) is 0 Å². The molecule has 0 aliphatic rings. The molecule has 0 aromatic heterocycles. The summed E-state index contributed by atoms with van der Waals surface area (Å²) in [5.41, 5.74) is 12.8. The van der Waals surface area contributed by atoms with E-state index in [0.717, 1.165) is 16.1 Å². The number of nitrogen functional groups attached to an aromatic ring is 2. The van der Waals surface area contributed by atoms with Gasteiger partial charge in [-0.2, -0.15) is 0 Å². The summed E-state index contributed by atoms with van der Waals surface area (Å²) in [6.07, 6.45) is 0. The molecule has 0 amide bonds. The molecule has 0 atom stereocenters. The van der Waals surface area contributed by atoms with E-state index in [2.05, 4.69) is 31.9 Å². The van der Waals surface area contributed by atoms with E-state index >= 15 is 0 Å². The molecule has 13 heteroatoms. The van der Waals surface area contributed by atoms with Gasteiger partial charge in [-0.3, -0.25) is 20.2 Å². The van der Waals surface area contributed by atoms with Crippen molar-refractivity contribution in [3.05, 3.63) is 64.6 Å². The SMILES string of the molecule is Cc1c(Br)ccc(N)c1N.Cc1c(Br)ccc([N+](=O)[O-])c1[N+](=O)[O-].[Cl][Sn][Cl]. The quantitative estimate of drug-likeness (QED) is 0.191. The first-order chi connectivity index (χ1) is 12.5. The number of anilines is 2. The zero-order valence-corrected chi connectivity index (χ0v) is 21.5. The Bertz CT molecular complexity index is 816. The molecule has 0 unspecified atom stereocenters. The molecule has 2 aromatic carbocycles. The van der Waals surface area contributed by atoms with Crippen molar-refractivity contribution in [2.75, 3.05) is 11.5 Å². The Labute approximate surface area is 189 Å². The minimum atomic E-state index is -0.826. The third kappa shape index (κ3) is 7.98. The fourth-order valence-electron chi connectivity index (χ4n) is 1.76. The van der Waals surface area contributed by atoms with E-state index in [0.29, 0.717) is 15.8 Å². The first-order valence-electron chi connectivity index (χ1n) is 6.83. The summed E-state index contributed by atoms with van der Waals surface area (Å²) in [6, 6.07) is 6.20. The van der Waals surface area contributed by atoms with Gasteiger partial charge in [-0.25, -0.2) is 0 Å². The van der Waals surface area contributed by atoms with Gasteiger partial charge in [-0.1, -0.05) is 31.9 Å². The molecule has 2 rings (SSSR count). The number of hydrogen-bond donors (Lipinski definition) is 2. The van der Waals surface area contributed by atoms with Gasteiger partial charge in [-0.15, -0.1) is 0 Å². The summed E-state index contributed by atoms with van der Waals surface area (Å²) in [4.78, 5) is 19.5. The summed E-state index contributed by atoms with van der Waals surface area (Å²) < 4.78 is 1.48. The molecule has 0 fully saturated rings. The van der Waals surface area contributed by atoms with Crippen LogP contribution in [0.2, 0.25) is 0 Å². The van der Waals surface area contributed by atoms with Crippen LogP contribution in [0.1, 0.15) is 11.1 Å². The van der Waals surface area contributed by atoms with Crippen LogP contribution in [0.25, 0.3) is 0 Å². The van der Waals surface area contributed by atoms with E-state index in [1.54, 1.807) is 6.07 Å². The van der Waals surface area contributed by atoms with Crippen LogP contribution in [0, 0.1) is 34.1 Å². The summed E-state index contributed by atoms with van der Waals surface area (Å²) in [6.45, 7) is 3.38. The summed E-state index contributed by atoms with van der Waals surface area (Å²) in [7, 11) is 9.87. The molecule has 146 valence electrons. The van der Waals surface area contributed by atoms with Crippen molar-refractivity contribution in [2.45, 2.75) is 13.8 Å². The second-order valence-electron chi connectivity index (χ2n) is 4.80. The normalized spacial score (nSPS) is 9.41. The number of nitro groups is 2. The number of nitro benzene ring substituents is 2. The van der Waals surface area contributed by atoms with Crippen molar-refractivity contribution in [3.63, 3.8) is 0 Å². The van der Waals surface area contributed by atoms with Crippen molar-refractivity contribution >= 4 is 91.3 Å². The zero-order valence-electron chi connectivity index (χ0n) is 14.0. The van der Waals surface area contributed by atoms with Gasteiger partial charge in [0.1, 0.15) is 0 Å². The number of hydrogen-bond acceptors (Lipinski definition) is 6. The standard InChI is InChI=1S/C7H5BrN2O4.C7H9BrN2.2ClH.Sn/c1-4-5(8)2-3-6(9(11)12)7(4)10(13)14;1-4-5(8)2-3-6(9)7(4)10;;;/h2-3H,1H3;2-3H,9-10H2,1H3;2*1H;/q;;;;+2/p-2. The van der Waals surface area contributed by atoms with E-state index in [9.17, 15) is 20.2 Å². The Kier molecular flexibility index (Phi) is 12.2. The fraction of sp³-hybridized carbons (Fsp3) is 0.143. The Balaban J connectivity index is 0.000000455. The second-order valence-corrected chi connectivity index (χ2v) is 10.8. The molecule has 2 radical (unpaired) electrons. The predicted octanol–water partition coefficient (Wildman–Crippen LogP) is 5.49. The van der Waals surface area contributed by atoms with Gasteiger partial charge in [0, 0.05) is 20.6 Å². The number of halogens is 4. The number of benzene rings is 2. The molecule has 0 saturated carbocycles. The van der Waals surface area contributed by atoms with Gasteiger partial charge in [0.05, 0.1) is 21.2 Å². The summed E-state index contributed by atoms with van der Waals surface area (Å²) in [5, 5.41) is 21.1. The van der Waals surface area contributed by atoms with Crippen molar-refractivity contribution in [3.8, 4) is 0 Å². The van der Waals surface area contributed by atoms with Gasteiger partial charge in [0.25, 0.3) is 0 Å². The molecule has 8 nitrogen and oxygen atoms in total. The number of rotatable bonds is 2. The predicted molar refractivity (Wildman–Crippen MR) is 117 cm³/mol. The van der Waals surface area contributed by atoms with Crippen LogP contribution in [0.4, 0.5) is 22.7 Å². The third-order valence-corrected chi connectivity index (χ3v) is 4.92. The molecule has 0 aliphatic heterocycles. The fourth-order valence-corrected chi connectivity index (χ4v) is 2.43. The molecule has 27 heavy (non-hydrogen) atoms. The average molecular weight is 652 g/mol. The molecule has 0 bridgehead atoms. The van der Waals surface area contributed by atoms with E-state index < -0.39 is 40.1 Å². The molecule has 0 spiro atoms.